The molecule has 1 nitrogen and oxygen atoms in total. The summed E-state index contributed by atoms with van der Waals surface area (Å²) in [7, 11) is 2.28. The smallest absolute Gasteiger partial charge is 0.00666 e. The van der Waals surface area contributed by atoms with Crippen molar-refractivity contribution < 1.29 is 0 Å². The quantitative estimate of drug-likeness (QED) is 0.556. The Morgan fingerprint density at radius 2 is 1.44 bits per heavy atom. The highest BCUT2D eigenvalue weighted by Crippen LogP contribution is 2.32. The Kier molecular flexibility index (Phi) is 8.94. The maximum Gasteiger partial charge on any atom is 0.00666 e. The van der Waals surface area contributed by atoms with Crippen LogP contribution in [-0.2, 0) is 0 Å². The molecule has 0 amide bonds. The van der Waals surface area contributed by atoms with Gasteiger partial charge < -0.3 is 4.90 Å². The first-order valence-corrected chi connectivity index (χ1v) is 8.05. The minimum atomic E-state index is 0.719. The molecule has 0 rings (SSSR count). The lowest BCUT2D eigenvalue weighted by molar-refractivity contribution is 0.149. The van der Waals surface area contributed by atoms with Gasteiger partial charge >= 0.3 is 0 Å². The third-order valence-electron chi connectivity index (χ3n) is 5.12. The molecule has 0 saturated heterocycles. The van der Waals surface area contributed by atoms with Crippen LogP contribution in [0.4, 0.5) is 0 Å². The van der Waals surface area contributed by atoms with Crippen molar-refractivity contribution in [2.75, 3.05) is 13.6 Å². The van der Waals surface area contributed by atoms with Gasteiger partial charge in [0, 0.05) is 6.04 Å². The average molecular weight is 255 g/mol. The summed E-state index contributed by atoms with van der Waals surface area (Å²) in [4.78, 5) is 2.52. The van der Waals surface area contributed by atoms with Crippen molar-refractivity contribution in [1.29, 1.82) is 0 Å². The van der Waals surface area contributed by atoms with Crippen molar-refractivity contribution >= 4 is 0 Å². The van der Waals surface area contributed by atoms with Crippen molar-refractivity contribution in [3.8, 4) is 0 Å². The summed E-state index contributed by atoms with van der Waals surface area (Å²) >= 11 is 0. The van der Waals surface area contributed by atoms with Gasteiger partial charge in [-0.25, -0.2) is 0 Å². The van der Waals surface area contributed by atoms with E-state index in [4.69, 9.17) is 0 Å². The van der Waals surface area contributed by atoms with Crippen LogP contribution in [0.25, 0.3) is 0 Å². The largest absolute Gasteiger partial charge is 0.304 e. The van der Waals surface area contributed by atoms with E-state index < -0.39 is 0 Å². The third kappa shape index (κ3) is 5.73. The lowest BCUT2D eigenvalue weighted by atomic mass is 9.75. The molecule has 0 aliphatic rings. The fourth-order valence-corrected chi connectivity index (χ4v) is 2.98. The van der Waals surface area contributed by atoms with Crippen molar-refractivity contribution in [2.24, 2.45) is 23.7 Å². The minimum absolute atomic E-state index is 0.719. The number of rotatable bonds is 9. The van der Waals surface area contributed by atoms with Crippen LogP contribution in [0.5, 0.6) is 0 Å². The summed E-state index contributed by atoms with van der Waals surface area (Å²) in [5, 5.41) is 0. The lowest BCUT2D eigenvalue weighted by Gasteiger charge is -2.34. The summed E-state index contributed by atoms with van der Waals surface area (Å²) in [5.74, 6) is 3.35. The second kappa shape index (κ2) is 8.96. The van der Waals surface area contributed by atoms with Gasteiger partial charge in [0.2, 0.25) is 0 Å². The van der Waals surface area contributed by atoms with Crippen molar-refractivity contribution in [1.82, 2.24) is 4.90 Å². The van der Waals surface area contributed by atoms with E-state index in [2.05, 4.69) is 60.4 Å². The molecule has 0 fully saturated rings. The van der Waals surface area contributed by atoms with Gasteiger partial charge in [-0.3, -0.25) is 0 Å². The highest BCUT2D eigenvalue weighted by molar-refractivity contribution is 4.77. The second-order valence-electron chi connectivity index (χ2n) is 6.70. The van der Waals surface area contributed by atoms with Gasteiger partial charge in [-0.15, -0.1) is 0 Å². The number of hydrogen-bond acceptors (Lipinski definition) is 1. The van der Waals surface area contributed by atoms with Gasteiger partial charge in [0.25, 0.3) is 0 Å². The maximum atomic E-state index is 2.52. The highest BCUT2D eigenvalue weighted by atomic mass is 15.1. The molecular formula is C17H37N. The summed E-state index contributed by atoms with van der Waals surface area (Å²) in [6, 6.07) is 0.719. The van der Waals surface area contributed by atoms with E-state index in [1.54, 1.807) is 0 Å². The summed E-state index contributed by atoms with van der Waals surface area (Å²) < 4.78 is 0. The molecule has 0 heterocycles. The molecule has 0 bridgehead atoms. The van der Waals surface area contributed by atoms with Crippen molar-refractivity contribution in [2.45, 2.75) is 73.8 Å². The predicted octanol–water partition coefficient (Wildman–Crippen LogP) is 5.06. The summed E-state index contributed by atoms with van der Waals surface area (Å²) in [6.45, 7) is 17.9. The highest BCUT2D eigenvalue weighted by Gasteiger charge is 2.25. The van der Waals surface area contributed by atoms with E-state index in [0.29, 0.717) is 0 Å². The number of nitrogens with zero attached hydrogens (tertiary/aromatic N) is 1. The molecule has 0 saturated carbocycles. The van der Waals surface area contributed by atoms with E-state index in [0.717, 1.165) is 29.7 Å². The molecule has 4 atom stereocenters. The minimum Gasteiger partial charge on any atom is -0.304 e. The van der Waals surface area contributed by atoms with Crippen LogP contribution in [0.15, 0.2) is 0 Å². The van der Waals surface area contributed by atoms with E-state index in [-0.39, 0.29) is 0 Å². The third-order valence-corrected chi connectivity index (χ3v) is 5.12. The Bertz CT molecular complexity index is 200. The molecule has 0 spiro atoms. The van der Waals surface area contributed by atoms with Gasteiger partial charge in [0.15, 0.2) is 0 Å². The Morgan fingerprint density at radius 1 is 0.889 bits per heavy atom. The Morgan fingerprint density at radius 3 is 1.83 bits per heavy atom. The van der Waals surface area contributed by atoms with Crippen molar-refractivity contribution in [3.63, 3.8) is 0 Å². The van der Waals surface area contributed by atoms with Gasteiger partial charge in [-0.1, -0.05) is 48.0 Å². The monoisotopic (exact) mass is 255 g/mol. The fraction of sp³-hybridized carbons (Fsp3) is 1.00. The molecule has 0 N–H and O–H groups in total. The van der Waals surface area contributed by atoms with Gasteiger partial charge in [-0.05, 0) is 57.0 Å². The maximum absolute atomic E-state index is 2.52. The standard InChI is InChI=1S/C17H37N/c1-9-11-18(8)14(5)12-17(10-2)16(7)15(6)13(3)4/h13-17H,9-12H2,1-8H3. The molecule has 0 aromatic rings. The molecular weight excluding hydrogens is 218 g/mol. The molecule has 0 aliphatic carbocycles. The molecule has 4 unspecified atom stereocenters. The summed E-state index contributed by atoms with van der Waals surface area (Å²) in [5.41, 5.74) is 0. The fourth-order valence-electron chi connectivity index (χ4n) is 2.98. The zero-order valence-corrected chi connectivity index (χ0v) is 14.2. The Balaban J connectivity index is 4.41. The molecule has 0 aromatic carbocycles. The molecule has 110 valence electrons. The van der Waals surface area contributed by atoms with Crippen LogP contribution in [-0.4, -0.2) is 24.5 Å². The van der Waals surface area contributed by atoms with Crippen LogP contribution < -0.4 is 0 Å². The first kappa shape index (κ1) is 18.0. The topological polar surface area (TPSA) is 3.24 Å². The van der Waals surface area contributed by atoms with E-state index in [9.17, 15) is 0 Å². The molecule has 0 radical (unpaired) electrons. The van der Waals surface area contributed by atoms with E-state index >= 15 is 0 Å². The van der Waals surface area contributed by atoms with Crippen LogP contribution in [0.1, 0.15) is 67.7 Å². The van der Waals surface area contributed by atoms with Crippen LogP contribution in [0.2, 0.25) is 0 Å². The second-order valence-corrected chi connectivity index (χ2v) is 6.70. The van der Waals surface area contributed by atoms with Gasteiger partial charge in [-0.2, -0.15) is 0 Å². The predicted molar refractivity (Wildman–Crippen MR) is 83.9 cm³/mol. The molecule has 0 aromatic heterocycles. The molecule has 1 heteroatoms. The van der Waals surface area contributed by atoms with Crippen molar-refractivity contribution in [3.05, 3.63) is 0 Å². The molecule has 18 heavy (non-hydrogen) atoms. The van der Waals surface area contributed by atoms with Gasteiger partial charge in [0.1, 0.15) is 0 Å². The van der Waals surface area contributed by atoms with E-state index in [1.165, 1.54) is 25.8 Å². The zero-order chi connectivity index (χ0) is 14.3. The first-order chi connectivity index (χ1) is 8.34. The van der Waals surface area contributed by atoms with Gasteiger partial charge in [0.05, 0.1) is 0 Å². The molecule has 0 aliphatic heterocycles. The average Bonchev–Trinajstić information content (AvgIpc) is 2.33. The van der Waals surface area contributed by atoms with Crippen LogP contribution >= 0.6 is 0 Å². The SMILES string of the molecule is CCCN(C)C(C)CC(CC)C(C)C(C)C(C)C. The normalized spacial score (nSPS) is 19.0. The van der Waals surface area contributed by atoms with Crippen LogP contribution in [0, 0.1) is 23.7 Å². The lowest BCUT2D eigenvalue weighted by Crippen LogP contribution is -2.34. The Labute approximate surface area is 116 Å². The zero-order valence-electron chi connectivity index (χ0n) is 14.2. The van der Waals surface area contributed by atoms with E-state index in [1.807, 2.05) is 0 Å². The van der Waals surface area contributed by atoms with Crippen LogP contribution in [0.3, 0.4) is 0 Å². The summed E-state index contributed by atoms with van der Waals surface area (Å²) in [6.07, 6.45) is 3.93. The number of hydrogen-bond donors (Lipinski definition) is 0. The first-order valence-electron chi connectivity index (χ1n) is 8.05. The Hall–Kier alpha value is -0.0400.